The van der Waals surface area contributed by atoms with Crippen molar-refractivity contribution in [2.75, 3.05) is 13.2 Å². The van der Waals surface area contributed by atoms with Crippen LogP contribution in [0.4, 0.5) is 8.78 Å². The molecule has 3 aliphatic heterocycles. The van der Waals surface area contributed by atoms with Crippen molar-refractivity contribution in [3.63, 3.8) is 0 Å². The van der Waals surface area contributed by atoms with E-state index in [-0.39, 0.29) is 53.4 Å². The van der Waals surface area contributed by atoms with Crippen LogP contribution in [-0.2, 0) is 11.3 Å². The second-order valence-corrected chi connectivity index (χ2v) is 13.9. The van der Waals surface area contributed by atoms with Crippen molar-refractivity contribution in [3.05, 3.63) is 110 Å². The number of pyridine rings is 1. The Bertz CT molecular complexity index is 1750. The number of thioether (sulfide) groups is 1. The van der Waals surface area contributed by atoms with E-state index in [1.807, 2.05) is 54.8 Å². The van der Waals surface area contributed by atoms with E-state index in [0.717, 1.165) is 23.0 Å². The highest BCUT2D eigenvalue weighted by Crippen LogP contribution is 2.45. The highest BCUT2D eigenvalue weighted by molar-refractivity contribution is 8.17. The zero-order valence-corrected chi connectivity index (χ0v) is 28.2. The van der Waals surface area contributed by atoms with Crippen LogP contribution >= 0.6 is 11.8 Å². The Hall–Kier alpha value is -3.56. The number of carbonyl (C=O) groups is 1. The van der Waals surface area contributed by atoms with E-state index >= 15 is 4.39 Å². The number of allylic oxidation sites excluding steroid dienone is 1. The van der Waals surface area contributed by atoms with E-state index in [0.29, 0.717) is 60.3 Å². The van der Waals surface area contributed by atoms with Crippen molar-refractivity contribution in [1.29, 1.82) is 0 Å². The van der Waals surface area contributed by atoms with E-state index in [1.165, 1.54) is 23.9 Å². The van der Waals surface area contributed by atoms with Gasteiger partial charge in [-0.3, -0.25) is 14.6 Å². The molecule has 4 heterocycles. The maximum Gasteiger partial charge on any atom is 0.234 e. The van der Waals surface area contributed by atoms with Gasteiger partial charge < -0.3 is 14.0 Å². The van der Waals surface area contributed by atoms with Crippen LogP contribution in [-0.4, -0.2) is 34.6 Å². The Kier molecular flexibility index (Phi) is 10.1. The van der Waals surface area contributed by atoms with E-state index in [1.54, 1.807) is 6.20 Å². The van der Waals surface area contributed by atoms with Gasteiger partial charge >= 0.3 is 0 Å². The molecule has 6 atom stereocenters. The second kappa shape index (κ2) is 14.3. The normalized spacial score (nSPS) is 23.7. The van der Waals surface area contributed by atoms with Crippen molar-refractivity contribution in [2.45, 2.75) is 78.0 Å². The SMILES string of the molecule is CCC1C=C(C(CC)c2ccc(F)cc2F)SC(c2cn3c(c(OCc4ccccc4)c2=O)C(=O)CC(C(C)CC)C2COCC23)=N1. The maximum absolute atomic E-state index is 15.1. The number of halogens is 2. The number of hydrogen-bond acceptors (Lipinski definition) is 6. The molecule has 1 saturated heterocycles. The zero-order chi connectivity index (χ0) is 33.2. The lowest BCUT2D eigenvalue weighted by atomic mass is 9.76. The first kappa shape index (κ1) is 33.3. The number of aliphatic imine (C=N–C) groups is 1. The van der Waals surface area contributed by atoms with Gasteiger partial charge in [-0.2, -0.15) is 0 Å². The number of nitrogens with zero attached hydrogens (tertiary/aromatic N) is 2. The molecule has 0 aliphatic carbocycles. The summed E-state index contributed by atoms with van der Waals surface area (Å²) in [6.45, 7) is 9.42. The van der Waals surface area contributed by atoms with Gasteiger partial charge in [-0.25, -0.2) is 8.78 Å². The first-order valence-corrected chi connectivity index (χ1v) is 17.5. The molecule has 3 aliphatic rings. The van der Waals surface area contributed by atoms with Crippen LogP contribution in [0.2, 0.25) is 0 Å². The third-order valence-electron chi connectivity index (χ3n) is 10.1. The molecule has 3 aromatic rings. The van der Waals surface area contributed by atoms with E-state index in [2.05, 4.69) is 13.8 Å². The fourth-order valence-electron chi connectivity index (χ4n) is 7.23. The molecule has 248 valence electrons. The molecule has 0 N–H and O–H groups in total. The minimum Gasteiger partial charge on any atom is -0.483 e. The van der Waals surface area contributed by atoms with Crippen molar-refractivity contribution in [3.8, 4) is 5.75 Å². The molecule has 0 spiro atoms. The summed E-state index contributed by atoms with van der Waals surface area (Å²) in [4.78, 5) is 34.5. The van der Waals surface area contributed by atoms with Crippen LogP contribution in [0.5, 0.6) is 5.75 Å². The summed E-state index contributed by atoms with van der Waals surface area (Å²) < 4.78 is 43.2. The summed E-state index contributed by atoms with van der Waals surface area (Å²) in [6.07, 6.45) is 6.32. The lowest BCUT2D eigenvalue weighted by molar-refractivity contribution is 0.0899. The van der Waals surface area contributed by atoms with Crippen LogP contribution in [0, 0.1) is 29.4 Å². The monoisotopic (exact) mass is 660 g/mol. The number of ether oxygens (including phenoxy) is 2. The first-order valence-electron chi connectivity index (χ1n) is 16.7. The Balaban J connectivity index is 1.47. The van der Waals surface area contributed by atoms with Gasteiger partial charge in [0, 0.05) is 30.5 Å². The van der Waals surface area contributed by atoms with Crippen molar-refractivity contribution in [2.24, 2.45) is 22.7 Å². The van der Waals surface area contributed by atoms with Gasteiger partial charge in [0.25, 0.3) is 0 Å². The Morgan fingerprint density at radius 3 is 2.55 bits per heavy atom. The Morgan fingerprint density at radius 2 is 1.85 bits per heavy atom. The topological polar surface area (TPSA) is 69.9 Å². The highest BCUT2D eigenvalue weighted by Gasteiger charge is 2.44. The van der Waals surface area contributed by atoms with Crippen LogP contribution in [0.1, 0.15) is 92.5 Å². The molecular weight excluding hydrogens is 618 g/mol. The summed E-state index contributed by atoms with van der Waals surface area (Å²) >= 11 is 1.34. The quantitative estimate of drug-likeness (QED) is 0.218. The molecule has 6 nitrogen and oxygen atoms in total. The van der Waals surface area contributed by atoms with Gasteiger partial charge in [-0.1, -0.05) is 82.3 Å². The van der Waals surface area contributed by atoms with E-state index in [4.69, 9.17) is 14.5 Å². The zero-order valence-electron chi connectivity index (χ0n) is 27.4. The number of ketones is 1. The molecule has 9 heteroatoms. The maximum atomic E-state index is 15.1. The summed E-state index contributed by atoms with van der Waals surface area (Å²) in [5.41, 5.74) is 1.54. The number of hydrogen-bond donors (Lipinski definition) is 0. The fraction of sp³-hybridized carbons (Fsp3) is 0.447. The summed E-state index contributed by atoms with van der Waals surface area (Å²) in [5, 5.41) is 0.505. The average molecular weight is 661 g/mol. The number of carbonyl (C=O) groups excluding carboxylic acids is 1. The molecule has 1 fully saturated rings. The lowest BCUT2D eigenvalue weighted by Crippen LogP contribution is -2.30. The van der Waals surface area contributed by atoms with Crippen molar-refractivity contribution in [1.82, 2.24) is 4.57 Å². The third kappa shape index (κ3) is 6.61. The predicted octanol–water partition coefficient (Wildman–Crippen LogP) is 8.49. The number of rotatable bonds is 10. The number of fused-ring (bicyclic) bond motifs is 3. The average Bonchev–Trinajstić information content (AvgIpc) is 3.53. The minimum absolute atomic E-state index is 0.0378. The number of aromatic nitrogens is 1. The summed E-state index contributed by atoms with van der Waals surface area (Å²) in [5.74, 6) is -1.11. The van der Waals surface area contributed by atoms with Crippen LogP contribution in [0.25, 0.3) is 0 Å². The van der Waals surface area contributed by atoms with Gasteiger partial charge in [0.2, 0.25) is 5.43 Å². The molecule has 47 heavy (non-hydrogen) atoms. The number of Topliss-reactive ketones (excluding diaryl/α,β-unsaturated/α-hetero) is 1. The highest BCUT2D eigenvalue weighted by atomic mass is 32.2. The Morgan fingerprint density at radius 1 is 1.06 bits per heavy atom. The number of benzene rings is 2. The lowest BCUT2D eigenvalue weighted by Gasteiger charge is -2.30. The van der Waals surface area contributed by atoms with Crippen LogP contribution in [0.15, 0.2) is 75.5 Å². The van der Waals surface area contributed by atoms with Gasteiger partial charge in [0.15, 0.2) is 11.5 Å². The second-order valence-electron chi connectivity index (χ2n) is 12.9. The van der Waals surface area contributed by atoms with E-state index in [9.17, 15) is 14.0 Å². The van der Waals surface area contributed by atoms with Crippen molar-refractivity contribution < 1.29 is 23.0 Å². The van der Waals surface area contributed by atoms with Crippen molar-refractivity contribution >= 4 is 22.6 Å². The molecule has 0 bridgehead atoms. The summed E-state index contributed by atoms with van der Waals surface area (Å²) in [7, 11) is 0. The van der Waals surface area contributed by atoms with Crippen LogP contribution < -0.4 is 10.2 Å². The van der Waals surface area contributed by atoms with Crippen LogP contribution in [0.3, 0.4) is 0 Å². The molecule has 0 amide bonds. The molecule has 1 aromatic heterocycles. The third-order valence-corrected chi connectivity index (χ3v) is 11.2. The standard InChI is InChI=1S/C38H42F2N2O4S/c1-5-22(4)28-17-33(43)35-37(46-19-23-11-9-8-10-12-23)36(44)29(18-42(35)32-21-45-20-30(28)32)38-41-25(6-2)16-34(47-38)26(7-3)27-14-13-24(39)15-31(27)40/h8-16,18,22,25-26,28,30,32H,5-7,17,19-21H2,1-4H3. The van der Waals surface area contributed by atoms with Gasteiger partial charge in [-0.05, 0) is 52.9 Å². The van der Waals surface area contributed by atoms with Gasteiger partial charge in [0.05, 0.1) is 30.9 Å². The first-order chi connectivity index (χ1) is 22.7. The van der Waals surface area contributed by atoms with Gasteiger partial charge in [0.1, 0.15) is 29.0 Å². The molecule has 2 aromatic carbocycles. The molecular formula is C38H42F2N2O4S. The molecule has 6 unspecified atom stereocenters. The van der Waals surface area contributed by atoms with Gasteiger partial charge in [-0.15, -0.1) is 0 Å². The fourth-order valence-corrected chi connectivity index (χ4v) is 8.56. The minimum atomic E-state index is -0.625. The van der Waals surface area contributed by atoms with E-state index < -0.39 is 11.6 Å². The Labute approximate surface area is 279 Å². The predicted molar refractivity (Wildman–Crippen MR) is 182 cm³/mol. The molecule has 0 radical (unpaired) electrons. The summed E-state index contributed by atoms with van der Waals surface area (Å²) in [6, 6.07) is 12.9. The largest absolute Gasteiger partial charge is 0.483 e. The smallest absolute Gasteiger partial charge is 0.234 e. The molecule has 6 rings (SSSR count). The molecule has 0 saturated carbocycles.